The number of hydrogen-bond donors (Lipinski definition) is 2. The van der Waals surface area contributed by atoms with Crippen molar-refractivity contribution < 1.29 is 4.79 Å². The highest BCUT2D eigenvalue weighted by atomic mass is 16.2. The van der Waals surface area contributed by atoms with Gasteiger partial charge in [0.15, 0.2) is 0 Å². The Morgan fingerprint density at radius 1 is 1.15 bits per heavy atom. The Hall–Kier alpha value is -1.35. The predicted molar refractivity (Wildman–Crippen MR) is 83.7 cm³/mol. The lowest BCUT2D eigenvalue weighted by Crippen LogP contribution is -2.46. The van der Waals surface area contributed by atoms with Crippen molar-refractivity contribution in [3.05, 3.63) is 30.3 Å². The lowest BCUT2D eigenvalue weighted by atomic mass is 9.96. The average Bonchev–Trinajstić information content (AvgIpc) is 2.65. The van der Waals surface area contributed by atoms with Gasteiger partial charge in [0.2, 0.25) is 5.91 Å². The number of benzene rings is 1. The van der Waals surface area contributed by atoms with Crippen LogP contribution in [0, 0.1) is 5.92 Å². The Morgan fingerprint density at radius 2 is 1.85 bits per heavy atom. The van der Waals surface area contributed by atoms with Crippen molar-refractivity contribution in [3.63, 3.8) is 0 Å². The number of rotatable bonds is 4. The van der Waals surface area contributed by atoms with Crippen LogP contribution in [0.25, 0.3) is 0 Å². The van der Waals surface area contributed by atoms with Crippen molar-refractivity contribution in [2.24, 2.45) is 5.92 Å². The summed E-state index contributed by atoms with van der Waals surface area (Å²) in [6, 6.07) is 9.96. The molecule has 0 bridgehead atoms. The van der Waals surface area contributed by atoms with Gasteiger partial charge in [-0.05, 0) is 37.8 Å². The molecule has 1 aromatic rings. The standard InChI is InChI=1S/C17H26N2O/c1-13-9-5-3-8-12-16(13)18-14(2)17(20)19-15-10-6-4-7-11-15/h4,6-7,10-11,13-14,16,18H,3,5,8-9,12H2,1-2H3,(H,19,20). The summed E-state index contributed by atoms with van der Waals surface area (Å²) in [7, 11) is 0. The van der Waals surface area contributed by atoms with E-state index in [4.69, 9.17) is 0 Å². The van der Waals surface area contributed by atoms with E-state index in [-0.39, 0.29) is 11.9 Å². The van der Waals surface area contributed by atoms with Crippen LogP contribution in [0.5, 0.6) is 0 Å². The summed E-state index contributed by atoms with van der Waals surface area (Å²) in [4.78, 5) is 12.2. The highest BCUT2D eigenvalue weighted by Crippen LogP contribution is 2.23. The fraction of sp³-hybridized carbons (Fsp3) is 0.588. The monoisotopic (exact) mass is 274 g/mol. The van der Waals surface area contributed by atoms with Gasteiger partial charge in [-0.3, -0.25) is 4.79 Å². The number of anilines is 1. The Balaban J connectivity index is 1.87. The number of hydrogen-bond acceptors (Lipinski definition) is 2. The third kappa shape index (κ3) is 4.34. The second kappa shape index (κ2) is 7.44. The van der Waals surface area contributed by atoms with E-state index >= 15 is 0 Å². The molecule has 1 aromatic carbocycles. The van der Waals surface area contributed by atoms with Crippen LogP contribution in [-0.2, 0) is 4.79 Å². The molecule has 1 saturated carbocycles. The molecule has 1 aliphatic carbocycles. The Bertz CT molecular complexity index is 418. The maximum absolute atomic E-state index is 12.2. The molecule has 1 fully saturated rings. The van der Waals surface area contributed by atoms with Gasteiger partial charge in [0.25, 0.3) is 0 Å². The number of para-hydroxylation sites is 1. The summed E-state index contributed by atoms with van der Waals surface area (Å²) in [6.07, 6.45) is 6.38. The first-order valence-corrected chi connectivity index (χ1v) is 7.79. The SMILES string of the molecule is CC(NC1CCCCCC1C)C(=O)Nc1ccccc1. The fourth-order valence-electron chi connectivity index (χ4n) is 2.91. The molecule has 2 rings (SSSR count). The van der Waals surface area contributed by atoms with Crippen LogP contribution in [0.4, 0.5) is 5.69 Å². The molecule has 0 saturated heterocycles. The van der Waals surface area contributed by atoms with Crippen molar-refractivity contribution in [3.8, 4) is 0 Å². The molecule has 3 unspecified atom stereocenters. The summed E-state index contributed by atoms with van der Waals surface area (Å²) in [5.41, 5.74) is 0.861. The van der Waals surface area contributed by atoms with E-state index < -0.39 is 0 Å². The molecular formula is C17H26N2O. The van der Waals surface area contributed by atoms with E-state index in [2.05, 4.69) is 17.6 Å². The molecule has 3 heteroatoms. The molecule has 3 atom stereocenters. The zero-order valence-corrected chi connectivity index (χ0v) is 12.6. The first-order valence-electron chi connectivity index (χ1n) is 7.79. The van der Waals surface area contributed by atoms with Gasteiger partial charge in [-0.2, -0.15) is 0 Å². The lowest BCUT2D eigenvalue weighted by molar-refractivity contribution is -0.118. The minimum atomic E-state index is -0.152. The quantitative estimate of drug-likeness (QED) is 0.824. The minimum absolute atomic E-state index is 0.0487. The van der Waals surface area contributed by atoms with Gasteiger partial charge in [0.1, 0.15) is 0 Å². The van der Waals surface area contributed by atoms with Crippen molar-refractivity contribution in [2.75, 3.05) is 5.32 Å². The summed E-state index contributed by atoms with van der Waals surface area (Å²) in [5.74, 6) is 0.706. The third-order valence-corrected chi connectivity index (χ3v) is 4.26. The minimum Gasteiger partial charge on any atom is -0.325 e. The van der Waals surface area contributed by atoms with E-state index in [0.29, 0.717) is 12.0 Å². The van der Waals surface area contributed by atoms with Crippen LogP contribution < -0.4 is 10.6 Å². The smallest absolute Gasteiger partial charge is 0.241 e. The summed E-state index contributed by atoms with van der Waals surface area (Å²) in [6.45, 7) is 4.25. The number of carbonyl (C=O) groups is 1. The van der Waals surface area contributed by atoms with Crippen molar-refractivity contribution in [1.82, 2.24) is 5.32 Å². The topological polar surface area (TPSA) is 41.1 Å². The molecule has 0 aromatic heterocycles. The van der Waals surface area contributed by atoms with E-state index in [0.717, 1.165) is 5.69 Å². The molecule has 0 heterocycles. The van der Waals surface area contributed by atoms with Gasteiger partial charge in [0.05, 0.1) is 6.04 Å². The van der Waals surface area contributed by atoms with Crippen molar-refractivity contribution in [2.45, 2.75) is 58.0 Å². The fourth-order valence-corrected chi connectivity index (χ4v) is 2.91. The molecular weight excluding hydrogens is 248 g/mol. The highest BCUT2D eigenvalue weighted by molar-refractivity contribution is 5.94. The van der Waals surface area contributed by atoms with Gasteiger partial charge >= 0.3 is 0 Å². The molecule has 0 spiro atoms. The van der Waals surface area contributed by atoms with Gasteiger partial charge in [-0.25, -0.2) is 0 Å². The van der Waals surface area contributed by atoms with Gasteiger partial charge < -0.3 is 10.6 Å². The summed E-state index contributed by atoms with van der Waals surface area (Å²) in [5, 5.41) is 6.48. The van der Waals surface area contributed by atoms with Gasteiger partial charge in [-0.1, -0.05) is 44.4 Å². The van der Waals surface area contributed by atoms with E-state index in [1.807, 2.05) is 37.3 Å². The number of carbonyl (C=O) groups excluding carboxylic acids is 1. The van der Waals surface area contributed by atoms with Crippen molar-refractivity contribution >= 4 is 11.6 Å². The van der Waals surface area contributed by atoms with Crippen LogP contribution >= 0.6 is 0 Å². The molecule has 3 nitrogen and oxygen atoms in total. The van der Waals surface area contributed by atoms with E-state index in [9.17, 15) is 4.79 Å². The Labute approximate surface area is 122 Å². The van der Waals surface area contributed by atoms with Crippen LogP contribution in [0.2, 0.25) is 0 Å². The van der Waals surface area contributed by atoms with Crippen LogP contribution in [0.1, 0.15) is 46.0 Å². The second-order valence-electron chi connectivity index (χ2n) is 5.97. The van der Waals surface area contributed by atoms with Gasteiger partial charge in [0, 0.05) is 11.7 Å². The first kappa shape index (κ1) is 15.0. The molecule has 1 amide bonds. The lowest BCUT2D eigenvalue weighted by Gasteiger charge is -2.26. The zero-order valence-electron chi connectivity index (χ0n) is 12.6. The number of nitrogens with one attached hydrogen (secondary N) is 2. The Morgan fingerprint density at radius 3 is 2.60 bits per heavy atom. The maximum Gasteiger partial charge on any atom is 0.241 e. The normalized spacial score (nSPS) is 24.7. The molecule has 0 aliphatic heterocycles. The average molecular weight is 274 g/mol. The first-order chi connectivity index (χ1) is 9.66. The van der Waals surface area contributed by atoms with Crippen LogP contribution in [0.3, 0.4) is 0 Å². The molecule has 20 heavy (non-hydrogen) atoms. The van der Waals surface area contributed by atoms with Crippen LogP contribution in [-0.4, -0.2) is 18.0 Å². The number of amides is 1. The summed E-state index contributed by atoms with van der Waals surface area (Å²) >= 11 is 0. The maximum atomic E-state index is 12.2. The van der Waals surface area contributed by atoms with Crippen molar-refractivity contribution in [1.29, 1.82) is 0 Å². The zero-order chi connectivity index (χ0) is 14.4. The largest absolute Gasteiger partial charge is 0.325 e. The Kier molecular flexibility index (Phi) is 5.60. The summed E-state index contributed by atoms with van der Waals surface area (Å²) < 4.78 is 0. The second-order valence-corrected chi connectivity index (χ2v) is 5.97. The highest BCUT2D eigenvalue weighted by Gasteiger charge is 2.23. The van der Waals surface area contributed by atoms with Gasteiger partial charge in [-0.15, -0.1) is 0 Å². The molecule has 110 valence electrons. The van der Waals surface area contributed by atoms with E-state index in [1.54, 1.807) is 0 Å². The molecule has 0 radical (unpaired) electrons. The predicted octanol–water partition coefficient (Wildman–Crippen LogP) is 3.57. The molecule has 2 N–H and O–H groups in total. The van der Waals surface area contributed by atoms with E-state index in [1.165, 1.54) is 32.1 Å². The molecule has 1 aliphatic rings. The third-order valence-electron chi connectivity index (χ3n) is 4.26. The van der Waals surface area contributed by atoms with Crippen LogP contribution in [0.15, 0.2) is 30.3 Å².